The highest BCUT2D eigenvalue weighted by Crippen LogP contribution is 2.26. The molecule has 25 heavy (non-hydrogen) atoms. The van der Waals surface area contributed by atoms with Crippen LogP contribution in [0, 0.1) is 5.92 Å². The van der Waals surface area contributed by atoms with Crippen LogP contribution in [0.5, 0.6) is 0 Å². The smallest absolute Gasteiger partial charge is 0.244 e. The number of hydrogen-bond donors (Lipinski definition) is 0. The van der Waals surface area contributed by atoms with Crippen LogP contribution in [0.3, 0.4) is 0 Å². The largest absolute Gasteiger partial charge is 0.341 e. The van der Waals surface area contributed by atoms with E-state index in [-0.39, 0.29) is 11.9 Å². The molecule has 2 aromatic rings. The molecule has 1 atom stereocenters. The number of amides is 1. The van der Waals surface area contributed by atoms with Crippen molar-refractivity contribution in [3.05, 3.63) is 71.8 Å². The first-order valence-electron chi connectivity index (χ1n) is 9.19. The van der Waals surface area contributed by atoms with Gasteiger partial charge in [-0.3, -0.25) is 9.69 Å². The maximum absolute atomic E-state index is 13.1. The topological polar surface area (TPSA) is 23.6 Å². The number of carbonyl (C=O) groups excluding carboxylic acids is 1. The molecule has 2 aromatic carbocycles. The Balaban J connectivity index is 1.60. The number of benzene rings is 2. The standard InChI is InChI=1S/C22H28N2O/c1-23(2)21(20-11-7-4-8-12-20)22(25)24-15-13-19(14-16-24)17-18-9-5-3-6-10-18/h3-12,19,21H,13-17H2,1-2H3. The van der Waals surface area contributed by atoms with Crippen LogP contribution in [0.4, 0.5) is 0 Å². The number of likely N-dealkylation sites (N-methyl/N-ethyl adjacent to an activating group) is 1. The second-order valence-corrected chi connectivity index (χ2v) is 7.24. The third-order valence-electron chi connectivity index (χ3n) is 5.16. The Hall–Kier alpha value is -2.13. The summed E-state index contributed by atoms with van der Waals surface area (Å²) in [5.41, 5.74) is 2.48. The van der Waals surface area contributed by atoms with Crippen molar-refractivity contribution in [3.8, 4) is 0 Å². The summed E-state index contributed by atoms with van der Waals surface area (Å²) in [4.78, 5) is 17.2. The fraction of sp³-hybridized carbons (Fsp3) is 0.409. The van der Waals surface area contributed by atoms with E-state index >= 15 is 0 Å². The Kier molecular flexibility index (Phi) is 5.87. The van der Waals surface area contributed by atoms with E-state index in [4.69, 9.17) is 0 Å². The first-order chi connectivity index (χ1) is 12.1. The highest BCUT2D eigenvalue weighted by molar-refractivity contribution is 5.83. The fourth-order valence-electron chi connectivity index (χ4n) is 3.77. The molecule has 1 aliphatic rings. The number of hydrogen-bond acceptors (Lipinski definition) is 2. The van der Waals surface area contributed by atoms with Crippen molar-refractivity contribution in [2.24, 2.45) is 5.92 Å². The maximum atomic E-state index is 13.1. The predicted octanol–water partition coefficient (Wildman–Crippen LogP) is 3.77. The third-order valence-corrected chi connectivity index (χ3v) is 5.16. The molecular weight excluding hydrogens is 308 g/mol. The van der Waals surface area contributed by atoms with E-state index in [1.807, 2.05) is 49.3 Å². The summed E-state index contributed by atoms with van der Waals surface area (Å²) in [6, 6.07) is 20.6. The lowest BCUT2D eigenvalue weighted by Crippen LogP contribution is -2.44. The van der Waals surface area contributed by atoms with E-state index in [0.717, 1.165) is 37.9 Å². The van der Waals surface area contributed by atoms with Crippen LogP contribution in [0.15, 0.2) is 60.7 Å². The molecule has 0 radical (unpaired) electrons. The number of rotatable bonds is 5. The van der Waals surface area contributed by atoms with Gasteiger partial charge in [0.05, 0.1) is 0 Å². The maximum Gasteiger partial charge on any atom is 0.244 e. The van der Waals surface area contributed by atoms with Gasteiger partial charge >= 0.3 is 0 Å². The number of nitrogens with zero attached hydrogens (tertiary/aromatic N) is 2. The lowest BCUT2D eigenvalue weighted by atomic mass is 9.89. The monoisotopic (exact) mass is 336 g/mol. The molecular formula is C22H28N2O. The van der Waals surface area contributed by atoms with Crippen LogP contribution in [0.25, 0.3) is 0 Å². The van der Waals surface area contributed by atoms with Gasteiger partial charge in [0.1, 0.15) is 6.04 Å². The van der Waals surface area contributed by atoms with Crippen molar-refractivity contribution in [1.29, 1.82) is 0 Å². The van der Waals surface area contributed by atoms with Gasteiger partial charge in [-0.2, -0.15) is 0 Å². The van der Waals surface area contributed by atoms with Gasteiger partial charge in [-0.05, 0) is 50.4 Å². The molecule has 132 valence electrons. The molecule has 1 aliphatic heterocycles. The van der Waals surface area contributed by atoms with Gasteiger partial charge in [0.25, 0.3) is 0 Å². The Bertz CT molecular complexity index is 661. The van der Waals surface area contributed by atoms with E-state index < -0.39 is 0 Å². The number of likely N-dealkylation sites (tertiary alicyclic amines) is 1. The summed E-state index contributed by atoms with van der Waals surface area (Å²) in [5, 5.41) is 0. The van der Waals surface area contributed by atoms with Crippen molar-refractivity contribution in [3.63, 3.8) is 0 Å². The summed E-state index contributed by atoms with van der Waals surface area (Å²) < 4.78 is 0. The van der Waals surface area contributed by atoms with Gasteiger partial charge in [-0.1, -0.05) is 60.7 Å². The van der Waals surface area contributed by atoms with Crippen LogP contribution in [0.1, 0.15) is 30.0 Å². The molecule has 3 nitrogen and oxygen atoms in total. The predicted molar refractivity (Wildman–Crippen MR) is 102 cm³/mol. The van der Waals surface area contributed by atoms with Gasteiger partial charge < -0.3 is 4.90 Å². The molecule has 3 rings (SSSR count). The second kappa shape index (κ2) is 8.30. The minimum absolute atomic E-state index is 0.188. The van der Waals surface area contributed by atoms with Crippen LogP contribution in [0.2, 0.25) is 0 Å². The Morgan fingerprint density at radius 2 is 1.56 bits per heavy atom. The summed E-state index contributed by atoms with van der Waals surface area (Å²) >= 11 is 0. The highest BCUT2D eigenvalue weighted by Gasteiger charge is 2.30. The van der Waals surface area contributed by atoms with Crippen LogP contribution >= 0.6 is 0 Å². The van der Waals surface area contributed by atoms with E-state index in [1.54, 1.807) is 0 Å². The summed E-state index contributed by atoms with van der Waals surface area (Å²) in [7, 11) is 3.97. The average Bonchev–Trinajstić information content (AvgIpc) is 2.64. The number of carbonyl (C=O) groups is 1. The Morgan fingerprint density at radius 3 is 2.12 bits per heavy atom. The molecule has 1 heterocycles. The molecule has 3 heteroatoms. The Labute approximate surface area is 151 Å². The van der Waals surface area contributed by atoms with Gasteiger partial charge in [0.2, 0.25) is 5.91 Å². The normalized spacial score (nSPS) is 16.8. The van der Waals surface area contributed by atoms with Gasteiger partial charge in [-0.15, -0.1) is 0 Å². The first kappa shape index (κ1) is 17.7. The molecule has 0 spiro atoms. The van der Waals surface area contributed by atoms with Crippen molar-refractivity contribution in [2.45, 2.75) is 25.3 Å². The molecule has 1 amide bonds. The fourth-order valence-corrected chi connectivity index (χ4v) is 3.77. The third kappa shape index (κ3) is 4.49. The van der Waals surface area contributed by atoms with Crippen molar-refractivity contribution < 1.29 is 4.79 Å². The van der Waals surface area contributed by atoms with E-state index in [0.29, 0.717) is 5.92 Å². The highest BCUT2D eigenvalue weighted by atomic mass is 16.2. The summed E-state index contributed by atoms with van der Waals surface area (Å²) in [6.07, 6.45) is 3.31. The summed E-state index contributed by atoms with van der Waals surface area (Å²) in [5.74, 6) is 0.912. The van der Waals surface area contributed by atoms with Crippen LogP contribution < -0.4 is 0 Å². The van der Waals surface area contributed by atoms with Crippen molar-refractivity contribution in [2.75, 3.05) is 27.2 Å². The van der Waals surface area contributed by atoms with Gasteiger partial charge in [0, 0.05) is 13.1 Å². The average molecular weight is 336 g/mol. The van der Waals surface area contributed by atoms with Crippen molar-refractivity contribution in [1.82, 2.24) is 9.80 Å². The first-order valence-corrected chi connectivity index (χ1v) is 9.19. The van der Waals surface area contributed by atoms with Gasteiger partial charge in [-0.25, -0.2) is 0 Å². The van der Waals surface area contributed by atoms with E-state index in [2.05, 4.69) is 35.2 Å². The van der Waals surface area contributed by atoms with Crippen LogP contribution in [-0.2, 0) is 11.2 Å². The molecule has 0 saturated carbocycles. The van der Waals surface area contributed by atoms with E-state index in [1.165, 1.54) is 5.56 Å². The molecule has 0 bridgehead atoms. The quantitative estimate of drug-likeness (QED) is 0.830. The molecule has 0 aromatic heterocycles. The minimum Gasteiger partial charge on any atom is -0.341 e. The second-order valence-electron chi connectivity index (χ2n) is 7.24. The Morgan fingerprint density at radius 1 is 1.00 bits per heavy atom. The van der Waals surface area contributed by atoms with Gasteiger partial charge in [0.15, 0.2) is 0 Å². The SMILES string of the molecule is CN(C)C(C(=O)N1CCC(Cc2ccccc2)CC1)c1ccccc1. The molecule has 1 fully saturated rings. The zero-order valence-electron chi connectivity index (χ0n) is 15.3. The van der Waals surface area contributed by atoms with Crippen molar-refractivity contribution >= 4 is 5.91 Å². The lowest BCUT2D eigenvalue weighted by Gasteiger charge is -2.36. The molecule has 1 unspecified atom stereocenters. The summed E-state index contributed by atoms with van der Waals surface area (Å²) in [6.45, 7) is 1.74. The zero-order chi connectivity index (χ0) is 17.6. The molecule has 0 aliphatic carbocycles. The minimum atomic E-state index is -0.188. The van der Waals surface area contributed by atoms with E-state index in [9.17, 15) is 4.79 Å². The lowest BCUT2D eigenvalue weighted by molar-refractivity contribution is -0.137. The zero-order valence-corrected chi connectivity index (χ0v) is 15.3. The number of piperidine rings is 1. The molecule has 0 N–H and O–H groups in total. The molecule has 1 saturated heterocycles. The van der Waals surface area contributed by atoms with Crippen LogP contribution in [-0.4, -0.2) is 42.9 Å².